The molecule has 6 nitrogen and oxygen atoms in total. The van der Waals surface area contributed by atoms with Crippen LogP contribution in [0.3, 0.4) is 0 Å². The molecule has 0 atom stereocenters. The molecule has 0 fully saturated rings. The summed E-state index contributed by atoms with van der Waals surface area (Å²) in [6, 6.07) is 3.58. The predicted molar refractivity (Wildman–Crippen MR) is 77.8 cm³/mol. The highest BCUT2D eigenvalue weighted by Crippen LogP contribution is 2.24. The topological polar surface area (TPSA) is 84.1 Å². The number of aryl methyl sites for hydroxylation is 1. The average Bonchev–Trinajstić information content (AvgIpc) is 2.69. The molecule has 100 valence electrons. The van der Waals surface area contributed by atoms with Crippen LogP contribution in [-0.2, 0) is 0 Å². The molecule has 0 aliphatic carbocycles. The Labute approximate surface area is 115 Å². The molecule has 2 rings (SSSR count). The van der Waals surface area contributed by atoms with Crippen molar-refractivity contribution in [2.45, 2.75) is 6.92 Å². The largest absolute Gasteiger partial charge is 0.375 e. The molecule has 0 aromatic carbocycles. The number of aromatic nitrogens is 2. The van der Waals surface area contributed by atoms with Crippen molar-refractivity contribution in [3.05, 3.63) is 28.9 Å². The molecule has 1 amide bonds. The zero-order valence-electron chi connectivity index (χ0n) is 11.0. The van der Waals surface area contributed by atoms with Gasteiger partial charge in [-0.25, -0.2) is 9.97 Å². The Balaban J connectivity index is 2.27. The first-order valence-electron chi connectivity index (χ1n) is 5.65. The maximum Gasteiger partial charge on any atom is 0.267 e. The SMILES string of the molecule is Cc1nc(N)sc1C(=O)Nc1cccnc1N(C)C. The second-order valence-corrected chi connectivity index (χ2v) is 5.22. The zero-order chi connectivity index (χ0) is 14.0. The van der Waals surface area contributed by atoms with Gasteiger partial charge >= 0.3 is 0 Å². The van der Waals surface area contributed by atoms with Crippen LogP contribution in [-0.4, -0.2) is 30.0 Å². The molecule has 2 aromatic heterocycles. The number of nitrogen functional groups attached to an aromatic ring is 1. The Kier molecular flexibility index (Phi) is 3.66. The quantitative estimate of drug-likeness (QED) is 0.893. The molecule has 19 heavy (non-hydrogen) atoms. The number of pyridine rings is 1. The lowest BCUT2D eigenvalue weighted by atomic mass is 10.3. The first-order chi connectivity index (χ1) is 8.99. The third kappa shape index (κ3) is 2.82. The summed E-state index contributed by atoms with van der Waals surface area (Å²) in [6.45, 7) is 1.76. The van der Waals surface area contributed by atoms with Crippen LogP contribution in [0, 0.1) is 6.92 Å². The summed E-state index contributed by atoms with van der Waals surface area (Å²) >= 11 is 1.18. The summed E-state index contributed by atoms with van der Waals surface area (Å²) in [7, 11) is 3.74. The van der Waals surface area contributed by atoms with Crippen molar-refractivity contribution >= 4 is 33.9 Å². The lowest BCUT2D eigenvalue weighted by Gasteiger charge is -2.15. The van der Waals surface area contributed by atoms with Gasteiger partial charge in [-0.15, -0.1) is 0 Å². The smallest absolute Gasteiger partial charge is 0.267 e. The van der Waals surface area contributed by atoms with Crippen LogP contribution in [0.2, 0.25) is 0 Å². The van der Waals surface area contributed by atoms with E-state index in [0.29, 0.717) is 27.2 Å². The first kappa shape index (κ1) is 13.3. The molecule has 0 bridgehead atoms. The number of carbonyl (C=O) groups excluding carboxylic acids is 1. The summed E-state index contributed by atoms with van der Waals surface area (Å²) in [5, 5.41) is 3.22. The summed E-state index contributed by atoms with van der Waals surface area (Å²) in [4.78, 5) is 22.8. The minimum absolute atomic E-state index is 0.220. The van der Waals surface area contributed by atoms with Crippen LogP contribution in [0.15, 0.2) is 18.3 Å². The van der Waals surface area contributed by atoms with Crippen molar-refractivity contribution in [3.8, 4) is 0 Å². The molecule has 7 heteroatoms. The Morgan fingerprint density at radius 3 is 2.79 bits per heavy atom. The molecule has 0 spiro atoms. The zero-order valence-corrected chi connectivity index (χ0v) is 11.8. The van der Waals surface area contributed by atoms with Gasteiger partial charge in [0.1, 0.15) is 4.88 Å². The highest BCUT2D eigenvalue weighted by molar-refractivity contribution is 7.17. The van der Waals surface area contributed by atoms with E-state index in [4.69, 9.17) is 5.73 Å². The van der Waals surface area contributed by atoms with Crippen LogP contribution in [0.5, 0.6) is 0 Å². The van der Waals surface area contributed by atoms with Gasteiger partial charge in [0.05, 0.1) is 11.4 Å². The first-order valence-corrected chi connectivity index (χ1v) is 6.47. The van der Waals surface area contributed by atoms with Gasteiger partial charge in [0.2, 0.25) is 0 Å². The number of hydrogen-bond acceptors (Lipinski definition) is 6. The van der Waals surface area contributed by atoms with E-state index >= 15 is 0 Å². The van der Waals surface area contributed by atoms with Gasteiger partial charge in [-0.2, -0.15) is 0 Å². The van der Waals surface area contributed by atoms with Crippen molar-refractivity contribution in [2.75, 3.05) is 30.0 Å². The highest BCUT2D eigenvalue weighted by atomic mass is 32.1. The lowest BCUT2D eigenvalue weighted by Crippen LogP contribution is -2.17. The third-order valence-electron chi connectivity index (χ3n) is 2.48. The molecular weight excluding hydrogens is 262 g/mol. The normalized spacial score (nSPS) is 10.3. The fourth-order valence-corrected chi connectivity index (χ4v) is 2.39. The number of nitrogens with zero attached hydrogens (tertiary/aromatic N) is 3. The minimum atomic E-state index is -0.220. The molecule has 2 aromatic rings. The summed E-state index contributed by atoms with van der Waals surface area (Å²) in [5.74, 6) is 0.480. The number of anilines is 3. The van der Waals surface area contributed by atoms with Crippen molar-refractivity contribution in [3.63, 3.8) is 0 Å². The number of nitrogens with one attached hydrogen (secondary N) is 1. The average molecular weight is 277 g/mol. The maximum absolute atomic E-state index is 12.2. The monoisotopic (exact) mass is 277 g/mol. The van der Waals surface area contributed by atoms with Gasteiger partial charge in [-0.1, -0.05) is 11.3 Å². The van der Waals surface area contributed by atoms with E-state index in [0.717, 1.165) is 0 Å². The molecule has 0 saturated heterocycles. The minimum Gasteiger partial charge on any atom is -0.375 e. The fraction of sp³-hybridized carbons (Fsp3) is 0.250. The summed E-state index contributed by atoms with van der Waals surface area (Å²) < 4.78 is 0. The lowest BCUT2D eigenvalue weighted by molar-refractivity contribution is 0.103. The van der Waals surface area contributed by atoms with Gasteiger partial charge in [-0.05, 0) is 19.1 Å². The van der Waals surface area contributed by atoms with Crippen molar-refractivity contribution in [1.82, 2.24) is 9.97 Å². The van der Waals surface area contributed by atoms with Crippen molar-refractivity contribution in [2.24, 2.45) is 0 Å². The highest BCUT2D eigenvalue weighted by Gasteiger charge is 2.16. The van der Waals surface area contributed by atoms with Crippen LogP contribution in [0.4, 0.5) is 16.6 Å². The number of thiazole rings is 1. The van der Waals surface area contributed by atoms with Crippen LogP contribution >= 0.6 is 11.3 Å². The number of nitrogens with two attached hydrogens (primary N) is 1. The molecule has 0 unspecified atom stereocenters. The fourth-order valence-electron chi connectivity index (χ4n) is 1.66. The van der Waals surface area contributed by atoms with E-state index in [1.165, 1.54) is 11.3 Å². The number of hydrogen-bond donors (Lipinski definition) is 2. The van der Waals surface area contributed by atoms with Crippen LogP contribution in [0.25, 0.3) is 0 Å². The van der Waals surface area contributed by atoms with Gasteiger partial charge in [0.15, 0.2) is 10.9 Å². The second kappa shape index (κ2) is 5.23. The maximum atomic E-state index is 12.2. The Morgan fingerprint density at radius 2 is 2.21 bits per heavy atom. The van der Waals surface area contributed by atoms with E-state index in [2.05, 4.69) is 15.3 Å². The number of amides is 1. The molecule has 0 saturated carbocycles. The van der Waals surface area contributed by atoms with E-state index in [-0.39, 0.29) is 5.91 Å². The number of carbonyl (C=O) groups is 1. The molecular formula is C12H15N5OS. The molecule has 0 aliphatic heterocycles. The molecule has 0 radical (unpaired) electrons. The molecule has 3 N–H and O–H groups in total. The van der Waals surface area contributed by atoms with E-state index in [1.54, 1.807) is 25.3 Å². The van der Waals surface area contributed by atoms with Crippen LogP contribution < -0.4 is 16.0 Å². The molecule has 2 heterocycles. The van der Waals surface area contributed by atoms with Gasteiger partial charge in [-0.3, -0.25) is 4.79 Å². The number of rotatable bonds is 3. The van der Waals surface area contributed by atoms with Gasteiger partial charge in [0, 0.05) is 20.3 Å². The van der Waals surface area contributed by atoms with E-state index < -0.39 is 0 Å². The summed E-state index contributed by atoms with van der Waals surface area (Å²) in [5.41, 5.74) is 6.89. The third-order valence-corrected chi connectivity index (χ3v) is 3.46. The van der Waals surface area contributed by atoms with E-state index in [1.807, 2.05) is 19.0 Å². The molecule has 0 aliphatic rings. The predicted octanol–water partition coefficient (Wildman–Crippen LogP) is 1.75. The van der Waals surface area contributed by atoms with Gasteiger partial charge < -0.3 is 16.0 Å². The Bertz CT molecular complexity index is 608. The second-order valence-electron chi connectivity index (χ2n) is 4.19. The summed E-state index contributed by atoms with van der Waals surface area (Å²) in [6.07, 6.45) is 1.68. The van der Waals surface area contributed by atoms with Crippen molar-refractivity contribution < 1.29 is 4.79 Å². The van der Waals surface area contributed by atoms with Gasteiger partial charge in [0.25, 0.3) is 5.91 Å². The standard InChI is InChI=1S/C12H15N5OS/c1-7-9(19-12(13)15-7)11(18)16-8-5-4-6-14-10(8)17(2)3/h4-6H,1-3H3,(H2,13,15)(H,16,18). The van der Waals surface area contributed by atoms with Crippen LogP contribution in [0.1, 0.15) is 15.4 Å². The van der Waals surface area contributed by atoms with Crippen molar-refractivity contribution in [1.29, 1.82) is 0 Å². The Morgan fingerprint density at radius 1 is 1.47 bits per heavy atom. The van der Waals surface area contributed by atoms with E-state index in [9.17, 15) is 4.79 Å². The Hall–Kier alpha value is -2.15.